The Morgan fingerprint density at radius 1 is 0.559 bits per heavy atom. The summed E-state index contributed by atoms with van der Waals surface area (Å²) in [6.07, 6.45) is 15.5. The zero-order valence-corrected chi connectivity index (χ0v) is 22.5. The monoisotopic (exact) mass is 484 g/mol. The van der Waals surface area contributed by atoms with Gasteiger partial charge in [0.1, 0.15) is 12.2 Å². The topological polar surface area (TPSA) is 71.1 Å². The molecule has 1 fully saturated rings. The van der Waals surface area contributed by atoms with Crippen molar-refractivity contribution in [2.45, 2.75) is 143 Å². The minimum Gasteiger partial charge on any atom is -0.434 e. The SMILES string of the molecule is CC(C)CCCCCCCCCCOC(=O)OC1CCC(OC(=O)OCCCCC(C)C)CC1. The number of hydrogen-bond donors (Lipinski definition) is 0. The third-order valence-electron chi connectivity index (χ3n) is 6.44. The Morgan fingerprint density at radius 2 is 0.882 bits per heavy atom. The van der Waals surface area contributed by atoms with Gasteiger partial charge in [0.05, 0.1) is 13.2 Å². The molecule has 1 rings (SSSR count). The van der Waals surface area contributed by atoms with Gasteiger partial charge in [-0.25, -0.2) is 9.59 Å². The summed E-state index contributed by atoms with van der Waals surface area (Å²) in [4.78, 5) is 23.7. The third-order valence-corrected chi connectivity index (χ3v) is 6.44. The highest BCUT2D eigenvalue weighted by Gasteiger charge is 2.27. The Balaban J connectivity index is 1.94. The Hall–Kier alpha value is -1.46. The highest BCUT2D eigenvalue weighted by Crippen LogP contribution is 2.24. The van der Waals surface area contributed by atoms with Crippen LogP contribution in [0.25, 0.3) is 0 Å². The van der Waals surface area contributed by atoms with E-state index in [9.17, 15) is 9.59 Å². The van der Waals surface area contributed by atoms with Crippen molar-refractivity contribution in [1.29, 1.82) is 0 Å². The van der Waals surface area contributed by atoms with Crippen LogP contribution in [0.4, 0.5) is 9.59 Å². The summed E-state index contributed by atoms with van der Waals surface area (Å²) in [6, 6.07) is 0. The molecule has 200 valence electrons. The molecule has 0 aromatic rings. The number of rotatable bonds is 18. The summed E-state index contributed by atoms with van der Waals surface area (Å²) >= 11 is 0. The molecule has 0 saturated heterocycles. The van der Waals surface area contributed by atoms with E-state index in [4.69, 9.17) is 18.9 Å². The molecule has 0 spiro atoms. The lowest BCUT2D eigenvalue weighted by atomic mass is 9.95. The van der Waals surface area contributed by atoms with Crippen LogP contribution in [0.15, 0.2) is 0 Å². The molecule has 0 aliphatic heterocycles. The van der Waals surface area contributed by atoms with Crippen LogP contribution in [0.3, 0.4) is 0 Å². The van der Waals surface area contributed by atoms with Gasteiger partial charge >= 0.3 is 12.3 Å². The standard InChI is InChI=1S/C28H52O6/c1-23(2)15-11-9-7-5-6-8-10-13-21-31-27(29)33-25-17-19-26(20-18-25)34-28(30)32-22-14-12-16-24(3)4/h23-26H,5-22H2,1-4H3. The average Bonchev–Trinajstić information content (AvgIpc) is 2.78. The molecule has 0 aromatic heterocycles. The van der Waals surface area contributed by atoms with Crippen molar-refractivity contribution in [2.24, 2.45) is 11.8 Å². The molecule has 0 heterocycles. The van der Waals surface area contributed by atoms with Crippen LogP contribution < -0.4 is 0 Å². The number of unbranched alkanes of at least 4 members (excludes halogenated alkanes) is 8. The van der Waals surface area contributed by atoms with Crippen LogP contribution >= 0.6 is 0 Å². The third kappa shape index (κ3) is 17.9. The first-order chi connectivity index (χ1) is 16.4. The van der Waals surface area contributed by atoms with Crippen LogP contribution in [-0.4, -0.2) is 37.7 Å². The first kappa shape index (κ1) is 30.6. The second-order valence-corrected chi connectivity index (χ2v) is 10.7. The van der Waals surface area contributed by atoms with Crippen molar-refractivity contribution in [3.8, 4) is 0 Å². The second kappa shape index (κ2) is 19.8. The summed E-state index contributed by atoms with van der Waals surface area (Å²) in [5.74, 6) is 1.49. The van der Waals surface area contributed by atoms with Gasteiger partial charge < -0.3 is 18.9 Å². The van der Waals surface area contributed by atoms with Crippen molar-refractivity contribution in [3.63, 3.8) is 0 Å². The minimum absolute atomic E-state index is 0.157. The van der Waals surface area contributed by atoms with E-state index in [1.165, 1.54) is 44.9 Å². The molecule has 1 aliphatic rings. The lowest BCUT2D eigenvalue weighted by molar-refractivity contribution is -0.0271. The highest BCUT2D eigenvalue weighted by molar-refractivity contribution is 5.60. The molecule has 1 saturated carbocycles. The largest absolute Gasteiger partial charge is 0.508 e. The van der Waals surface area contributed by atoms with Gasteiger partial charge in [0.2, 0.25) is 0 Å². The van der Waals surface area contributed by atoms with E-state index in [1.54, 1.807) is 0 Å². The average molecular weight is 485 g/mol. The summed E-state index contributed by atoms with van der Waals surface area (Å²) in [6.45, 7) is 9.79. The zero-order valence-electron chi connectivity index (χ0n) is 22.5. The fourth-order valence-corrected chi connectivity index (χ4v) is 4.29. The fraction of sp³-hybridized carbons (Fsp3) is 0.929. The van der Waals surface area contributed by atoms with Crippen LogP contribution in [0.2, 0.25) is 0 Å². The first-order valence-electron chi connectivity index (χ1n) is 14.0. The molecule has 0 bridgehead atoms. The minimum atomic E-state index is -0.584. The summed E-state index contributed by atoms with van der Waals surface area (Å²) in [5, 5.41) is 0. The number of hydrogen-bond acceptors (Lipinski definition) is 6. The maximum absolute atomic E-state index is 11.9. The van der Waals surface area contributed by atoms with Crippen molar-refractivity contribution in [2.75, 3.05) is 13.2 Å². The molecule has 0 unspecified atom stereocenters. The lowest BCUT2D eigenvalue weighted by Crippen LogP contribution is -2.30. The molecular formula is C28H52O6. The molecule has 0 aromatic carbocycles. The fourth-order valence-electron chi connectivity index (χ4n) is 4.29. The predicted octanol–water partition coefficient (Wildman–Crippen LogP) is 8.60. The quantitative estimate of drug-likeness (QED) is 0.143. The van der Waals surface area contributed by atoms with Crippen LogP contribution in [0.5, 0.6) is 0 Å². The Bertz CT molecular complexity index is 511. The van der Waals surface area contributed by atoms with E-state index >= 15 is 0 Å². The molecule has 0 radical (unpaired) electrons. The lowest BCUT2D eigenvalue weighted by Gasteiger charge is -2.27. The first-order valence-corrected chi connectivity index (χ1v) is 14.0. The number of carbonyl (C=O) groups is 2. The summed E-state index contributed by atoms with van der Waals surface area (Å²) in [7, 11) is 0. The highest BCUT2D eigenvalue weighted by atomic mass is 16.7. The Kier molecular flexibility index (Phi) is 17.8. The molecule has 6 heteroatoms. The summed E-state index contributed by atoms with van der Waals surface area (Å²) < 4.78 is 21.2. The van der Waals surface area contributed by atoms with E-state index in [0.29, 0.717) is 44.8 Å². The van der Waals surface area contributed by atoms with Gasteiger partial charge in [-0.1, -0.05) is 85.5 Å². The molecule has 0 amide bonds. The molecule has 34 heavy (non-hydrogen) atoms. The summed E-state index contributed by atoms with van der Waals surface area (Å²) in [5.41, 5.74) is 0. The van der Waals surface area contributed by atoms with Crippen molar-refractivity contribution >= 4 is 12.3 Å². The maximum atomic E-state index is 11.9. The Labute approximate surface area is 208 Å². The Morgan fingerprint density at radius 3 is 1.29 bits per heavy atom. The smallest absolute Gasteiger partial charge is 0.434 e. The number of carbonyl (C=O) groups excluding carboxylic acids is 2. The van der Waals surface area contributed by atoms with Crippen molar-refractivity contribution < 1.29 is 28.5 Å². The molecule has 0 N–H and O–H groups in total. The van der Waals surface area contributed by atoms with E-state index < -0.39 is 12.3 Å². The van der Waals surface area contributed by atoms with Gasteiger partial charge in [0.25, 0.3) is 0 Å². The maximum Gasteiger partial charge on any atom is 0.508 e. The zero-order chi connectivity index (χ0) is 25.0. The van der Waals surface area contributed by atoms with Gasteiger partial charge in [-0.05, 0) is 56.8 Å². The van der Waals surface area contributed by atoms with Crippen LogP contribution in [0, 0.1) is 11.8 Å². The van der Waals surface area contributed by atoms with E-state index in [1.807, 2.05) is 0 Å². The predicted molar refractivity (Wildman–Crippen MR) is 136 cm³/mol. The van der Waals surface area contributed by atoms with Crippen molar-refractivity contribution in [1.82, 2.24) is 0 Å². The van der Waals surface area contributed by atoms with Gasteiger partial charge in [0, 0.05) is 0 Å². The van der Waals surface area contributed by atoms with Gasteiger partial charge in [-0.15, -0.1) is 0 Å². The molecular weight excluding hydrogens is 432 g/mol. The molecule has 6 nitrogen and oxygen atoms in total. The van der Waals surface area contributed by atoms with Gasteiger partial charge in [0.15, 0.2) is 0 Å². The van der Waals surface area contributed by atoms with Crippen molar-refractivity contribution in [3.05, 3.63) is 0 Å². The van der Waals surface area contributed by atoms with E-state index in [0.717, 1.165) is 38.0 Å². The number of ether oxygens (including phenoxy) is 4. The van der Waals surface area contributed by atoms with Gasteiger partial charge in [-0.3, -0.25) is 0 Å². The van der Waals surface area contributed by atoms with E-state index in [-0.39, 0.29) is 12.2 Å². The van der Waals surface area contributed by atoms with Gasteiger partial charge in [-0.2, -0.15) is 0 Å². The van der Waals surface area contributed by atoms with E-state index in [2.05, 4.69) is 27.7 Å². The van der Waals surface area contributed by atoms with Crippen LogP contribution in [0.1, 0.15) is 130 Å². The molecule has 1 aliphatic carbocycles. The second-order valence-electron chi connectivity index (χ2n) is 10.7. The normalized spacial score (nSPS) is 18.2. The van der Waals surface area contributed by atoms with Crippen LogP contribution in [-0.2, 0) is 18.9 Å². The molecule has 0 atom stereocenters.